The SMILES string of the molecule is O=C(CS)OC(S)C(=O)O. The number of ether oxygens (including phenoxy) is 1. The first-order valence-corrected chi connectivity index (χ1v) is 3.44. The second-order valence-corrected chi connectivity index (χ2v) is 2.12. The van der Waals surface area contributed by atoms with Gasteiger partial charge in [0.15, 0.2) is 0 Å². The van der Waals surface area contributed by atoms with E-state index >= 15 is 0 Å². The van der Waals surface area contributed by atoms with Crippen LogP contribution in [0, 0.1) is 0 Å². The van der Waals surface area contributed by atoms with Gasteiger partial charge in [-0.15, -0.1) is 12.6 Å². The average molecular weight is 182 g/mol. The first-order valence-electron chi connectivity index (χ1n) is 2.29. The summed E-state index contributed by atoms with van der Waals surface area (Å²) in [6.07, 6.45) is 0. The lowest BCUT2D eigenvalue weighted by Crippen LogP contribution is -2.21. The Morgan fingerprint density at radius 2 is 2.10 bits per heavy atom. The van der Waals surface area contributed by atoms with Gasteiger partial charge < -0.3 is 9.84 Å². The third-order valence-corrected chi connectivity index (χ3v) is 1.17. The predicted molar refractivity (Wildman–Crippen MR) is 40.4 cm³/mol. The molecule has 0 saturated heterocycles. The molecule has 1 atom stereocenters. The summed E-state index contributed by atoms with van der Waals surface area (Å²) in [7, 11) is 0. The molecule has 0 saturated carbocycles. The fourth-order valence-electron chi connectivity index (χ4n) is 0.212. The number of carbonyl (C=O) groups excluding carboxylic acids is 1. The Morgan fingerprint density at radius 3 is 2.40 bits per heavy atom. The summed E-state index contributed by atoms with van der Waals surface area (Å²) < 4.78 is 4.21. The molecule has 1 unspecified atom stereocenters. The van der Waals surface area contributed by atoms with Crippen LogP contribution in [0.2, 0.25) is 0 Å². The minimum Gasteiger partial charge on any atom is -0.478 e. The standard InChI is InChI=1S/C4H6O4S2/c5-2(1-9)8-4(10)3(6)7/h4,9-10H,1H2,(H,6,7). The van der Waals surface area contributed by atoms with E-state index in [9.17, 15) is 9.59 Å². The quantitative estimate of drug-likeness (QED) is 0.321. The van der Waals surface area contributed by atoms with E-state index < -0.39 is 17.4 Å². The van der Waals surface area contributed by atoms with E-state index in [-0.39, 0.29) is 5.75 Å². The van der Waals surface area contributed by atoms with Crippen LogP contribution in [0.5, 0.6) is 0 Å². The van der Waals surface area contributed by atoms with E-state index in [0.29, 0.717) is 0 Å². The van der Waals surface area contributed by atoms with Gasteiger partial charge in [0.2, 0.25) is 5.44 Å². The highest BCUT2D eigenvalue weighted by Gasteiger charge is 2.15. The van der Waals surface area contributed by atoms with Gasteiger partial charge in [-0.3, -0.25) is 4.79 Å². The van der Waals surface area contributed by atoms with Crippen LogP contribution in [0.25, 0.3) is 0 Å². The molecule has 6 heteroatoms. The second kappa shape index (κ2) is 4.45. The van der Waals surface area contributed by atoms with Crippen molar-refractivity contribution in [3.63, 3.8) is 0 Å². The van der Waals surface area contributed by atoms with Gasteiger partial charge in [0.05, 0.1) is 5.75 Å². The van der Waals surface area contributed by atoms with Gasteiger partial charge in [-0.2, -0.15) is 12.6 Å². The molecule has 0 aliphatic carbocycles. The van der Waals surface area contributed by atoms with E-state index in [1.54, 1.807) is 0 Å². The lowest BCUT2D eigenvalue weighted by molar-refractivity contribution is -0.155. The van der Waals surface area contributed by atoms with Gasteiger partial charge in [0.25, 0.3) is 0 Å². The number of rotatable bonds is 3. The van der Waals surface area contributed by atoms with Crippen LogP contribution in [0.1, 0.15) is 0 Å². The predicted octanol–water partition coefficient (Wildman–Crippen LogP) is -0.200. The Hall–Kier alpha value is -0.360. The summed E-state index contributed by atoms with van der Waals surface area (Å²) >= 11 is 7.00. The topological polar surface area (TPSA) is 63.6 Å². The van der Waals surface area contributed by atoms with Crippen molar-refractivity contribution in [1.82, 2.24) is 0 Å². The largest absolute Gasteiger partial charge is 0.478 e. The minimum atomic E-state index is -1.39. The van der Waals surface area contributed by atoms with Crippen LogP contribution in [-0.2, 0) is 14.3 Å². The van der Waals surface area contributed by atoms with Crippen LogP contribution >= 0.6 is 25.3 Å². The highest BCUT2D eigenvalue weighted by Crippen LogP contribution is 1.98. The fourth-order valence-corrected chi connectivity index (χ4v) is 0.404. The summed E-state index contributed by atoms with van der Waals surface area (Å²) in [6.45, 7) is 0. The smallest absolute Gasteiger partial charge is 0.355 e. The van der Waals surface area contributed by atoms with Crippen molar-refractivity contribution < 1.29 is 19.4 Å². The maximum atomic E-state index is 10.3. The maximum absolute atomic E-state index is 10.3. The molecule has 10 heavy (non-hydrogen) atoms. The molecule has 0 rings (SSSR count). The molecule has 58 valence electrons. The van der Waals surface area contributed by atoms with E-state index in [4.69, 9.17) is 5.11 Å². The Morgan fingerprint density at radius 1 is 1.60 bits per heavy atom. The van der Waals surface area contributed by atoms with Gasteiger partial charge in [-0.25, -0.2) is 4.79 Å². The first-order chi connectivity index (χ1) is 4.57. The molecular weight excluding hydrogens is 176 g/mol. The van der Waals surface area contributed by atoms with E-state index in [1.807, 2.05) is 0 Å². The number of hydrogen-bond acceptors (Lipinski definition) is 5. The highest BCUT2D eigenvalue weighted by atomic mass is 32.1. The molecule has 0 spiro atoms. The Labute approximate surface area is 68.4 Å². The molecule has 4 nitrogen and oxygen atoms in total. The zero-order valence-electron chi connectivity index (χ0n) is 4.85. The van der Waals surface area contributed by atoms with E-state index in [1.165, 1.54) is 0 Å². The number of thiol groups is 2. The van der Waals surface area contributed by atoms with Gasteiger partial charge >= 0.3 is 11.9 Å². The van der Waals surface area contributed by atoms with Crippen molar-refractivity contribution in [3.05, 3.63) is 0 Å². The summed E-state index contributed by atoms with van der Waals surface area (Å²) in [5, 5.41) is 8.15. The van der Waals surface area contributed by atoms with Gasteiger partial charge in [0, 0.05) is 0 Å². The van der Waals surface area contributed by atoms with Crippen LogP contribution in [0.15, 0.2) is 0 Å². The third-order valence-electron chi connectivity index (χ3n) is 0.583. The van der Waals surface area contributed by atoms with Crippen LogP contribution in [0.3, 0.4) is 0 Å². The Balaban J connectivity index is 3.68. The van der Waals surface area contributed by atoms with Crippen molar-refractivity contribution in [2.24, 2.45) is 0 Å². The number of carboxylic acid groups (broad SMARTS) is 1. The minimum absolute atomic E-state index is 0.148. The molecule has 0 fully saturated rings. The highest BCUT2D eigenvalue weighted by molar-refractivity contribution is 7.81. The molecule has 1 N–H and O–H groups in total. The molecule has 0 radical (unpaired) electrons. The lowest BCUT2D eigenvalue weighted by atomic mass is 10.7. The average Bonchev–Trinajstić information content (AvgIpc) is 1.87. The van der Waals surface area contributed by atoms with Crippen molar-refractivity contribution in [2.75, 3.05) is 5.75 Å². The molecular formula is C4H6O4S2. The van der Waals surface area contributed by atoms with Gasteiger partial charge in [-0.05, 0) is 0 Å². The summed E-state index contributed by atoms with van der Waals surface area (Å²) in [6, 6.07) is 0. The molecule has 0 aliphatic heterocycles. The summed E-state index contributed by atoms with van der Waals surface area (Å²) in [4.78, 5) is 20.3. The van der Waals surface area contributed by atoms with Crippen molar-refractivity contribution >= 4 is 37.2 Å². The first kappa shape index (κ1) is 9.64. The van der Waals surface area contributed by atoms with Crippen molar-refractivity contribution in [1.29, 1.82) is 0 Å². The number of carboxylic acids is 1. The molecule has 0 aliphatic rings. The summed E-state index contributed by atoms with van der Waals surface area (Å²) in [5.74, 6) is -2.14. The molecule has 0 aromatic carbocycles. The monoisotopic (exact) mass is 182 g/mol. The number of hydrogen-bond donors (Lipinski definition) is 3. The number of aliphatic carboxylic acids is 1. The second-order valence-electron chi connectivity index (χ2n) is 1.34. The van der Waals surface area contributed by atoms with Gasteiger partial charge in [0.1, 0.15) is 0 Å². The van der Waals surface area contributed by atoms with Crippen LogP contribution in [0.4, 0.5) is 0 Å². The molecule has 0 aromatic rings. The fraction of sp³-hybridized carbons (Fsp3) is 0.500. The maximum Gasteiger partial charge on any atom is 0.355 e. The van der Waals surface area contributed by atoms with Crippen LogP contribution in [-0.4, -0.2) is 28.2 Å². The summed E-state index contributed by atoms with van der Waals surface area (Å²) in [5.41, 5.74) is -1.39. The molecule has 0 heterocycles. The number of carbonyl (C=O) groups is 2. The lowest BCUT2D eigenvalue weighted by Gasteiger charge is -2.04. The zero-order chi connectivity index (χ0) is 8.15. The van der Waals surface area contributed by atoms with E-state index in [2.05, 4.69) is 30.0 Å². The molecule has 0 bridgehead atoms. The van der Waals surface area contributed by atoms with Crippen molar-refractivity contribution in [2.45, 2.75) is 5.44 Å². The van der Waals surface area contributed by atoms with E-state index in [0.717, 1.165) is 0 Å². The zero-order valence-corrected chi connectivity index (χ0v) is 6.64. The van der Waals surface area contributed by atoms with Gasteiger partial charge in [-0.1, -0.05) is 0 Å². The Bertz CT molecular complexity index is 146. The van der Waals surface area contributed by atoms with Crippen LogP contribution < -0.4 is 0 Å². The normalized spacial score (nSPS) is 12.2. The molecule has 0 amide bonds. The third kappa shape index (κ3) is 3.62. The number of esters is 1. The Kier molecular flexibility index (Phi) is 4.29. The molecule has 0 aromatic heterocycles. The van der Waals surface area contributed by atoms with Crippen molar-refractivity contribution in [3.8, 4) is 0 Å².